The molecule has 0 spiro atoms. The van der Waals surface area contributed by atoms with Gasteiger partial charge in [0.25, 0.3) is 0 Å². The minimum absolute atomic E-state index is 0.775. The van der Waals surface area contributed by atoms with E-state index >= 15 is 0 Å². The Bertz CT molecular complexity index is 1780. The van der Waals surface area contributed by atoms with Crippen LogP contribution in [0, 0.1) is 0 Å². The molecule has 0 saturated carbocycles. The molecule has 3 heterocycles. The SMILES string of the molecule is c1ccc(-c2nc(-c3ccc4sc5ccccc5c4c3)nc3c2sc2ccccc23)cc1. The molecule has 150 valence electrons. The van der Waals surface area contributed by atoms with E-state index in [0.29, 0.717) is 0 Å². The summed E-state index contributed by atoms with van der Waals surface area (Å²) >= 11 is 3.60. The minimum atomic E-state index is 0.775. The van der Waals surface area contributed by atoms with Crippen molar-refractivity contribution in [2.24, 2.45) is 0 Å². The summed E-state index contributed by atoms with van der Waals surface area (Å²) < 4.78 is 4.98. The minimum Gasteiger partial charge on any atom is -0.226 e. The van der Waals surface area contributed by atoms with Gasteiger partial charge in [-0.15, -0.1) is 22.7 Å². The Morgan fingerprint density at radius 1 is 0.500 bits per heavy atom. The fraction of sp³-hybridized carbons (Fsp3) is 0. The lowest BCUT2D eigenvalue weighted by Crippen LogP contribution is -1.93. The molecule has 0 aliphatic heterocycles. The monoisotopic (exact) mass is 444 g/mol. The molecule has 2 nitrogen and oxygen atoms in total. The first-order chi connectivity index (χ1) is 15.8. The normalized spacial score (nSPS) is 11.8. The number of hydrogen-bond donors (Lipinski definition) is 0. The maximum Gasteiger partial charge on any atom is 0.160 e. The Morgan fingerprint density at radius 3 is 2.03 bits per heavy atom. The maximum absolute atomic E-state index is 5.11. The van der Waals surface area contributed by atoms with Crippen LogP contribution in [0.3, 0.4) is 0 Å². The van der Waals surface area contributed by atoms with Gasteiger partial charge in [-0.3, -0.25) is 0 Å². The zero-order chi connectivity index (χ0) is 21.1. The quantitative estimate of drug-likeness (QED) is 0.267. The van der Waals surface area contributed by atoms with Crippen molar-refractivity contribution in [3.05, 3.63) is 97.1 Å². The first-order valence-corrected chi connectivity index (χ1v) is 12.1. The molecule has 0 saturated heterocycles. The van der Waals surface area contributed by atoms with Crippen LogP contribution in [0.15, 0.2) is 97.1 Å². The number of aromatic nitrogens is 2. The molecule has 7 aromatic rings. The third-order valence-corrected chi connectivity index (χ3v) is 8.22. The van der Waals surface area contributed by atoms with Crippen LogP contribution >= 0.6 is 22.7 Å². The summed E-state index contributed by atoms with van der Waals surface area (Å²) in [5.41, 5.74) is 4.21. The highest BCUT2D eigenvalue weighted by Crippen LogP contribution is 2.40. The molecule has 4 aromatic carbocycles. The second-order valence-corrected chi connectivity index (χ2v) is 9.98. The fourth-order valence-electron chi connectivity index (χ4n) is 4.38. The van der Waals surface area contributed by atoms with Gasteiger partial charge in [0.2, 0.25) is 0 Å². The predicted molar refractivity (Wildman–Crippen MR) is 139 cm³/mol. The molecule has 0 aliphatic rings. The van der Waals surface area contributed by atoms with Gasteiger partial charge in [0.15, 0.2) is 5.82 Å². The van der Waals surface area contributed by atoms with Gasteiger partial charge in [-0.2, -0.15) is 0 Å². The lowest BCUT2D eigenvalue weighted by molar-refractivity contribution is 1.24. The number of benzene rings is 4. The van der Waals surface area contributed by atoms with E-state index in [-0.39, 0.29) is 0 Å². The number of rotatable bonds is 2. The highest BCUT2D eigenvalue weighted by Gasteiger charge is 2.17. The van der Waals surface area contributed by atoms with Gasteiger partial charge in [-0.25, -0.2) is 9.97 Å². The van der Waals surface area contributed by atoms with E-state index in [2.05, 4.69) is 91.0 Å². The highest BCUT2D eigenvalue weighted by atomic mass is 32.1. The van der Waals surface area contributed by atoms with E-state index < -0.39 is 0 Å². The Hall–Kier alpha value is -3.60. The van der Waals surface area contributed by atoms with Crippen molar-refractivity contribution in [2.75, 3.05) is 0 Å². The lowest BCUT2D eigenvalue weighted by Gasteiger charge is -2.07. The average molecular weight is 445 g/mol. The van der Waals surface area contributed by atoms with Gasteiger partial charge in [-0.05, 0) is 30.3 Å². The van der Waals surface area contributed by atoms with E-state index in [9.17, 15) is 0 Å². The maximum atomic E-state index is 5.11. The van der Waals surface area contributed by atoms with Crippen LogP contribution in [0.25, 0.3) is 63.1 Å². The molecular formula is C28H16N2S2. The van der Waals surface area contributed by atoms with Crippen LogP contribution in [-0.2, 0) is 0 Å². The Morgan fingerprint density at radius 2 is 1.19 bits per heavy atom. The van der Waals surface area contributed by atoms with Gasteiger partial charge in [0.05, 0.1) is 15.9 Å². The van der Waals surface area contributed by atoms with Crippen LogP contribution in [0.4, 0.5) is 0 Å². The van der Waals surface area contributed by atoms with E-state index in [1.165, 1.54) is 30.3 Å². The molecule has 0 bridgehead atoms. The Kier molecular flexibility index (Phi) is 3.92. The number of nitrogens with zero attached hydrogens (tertiary/aromatic N) is 2. The van der Waals surface area contributed by atoms with Crippen LogP contribution in [0.2, 0.25) is 0 Å². The van der Waals surface area contributed by atoms with Gasteiger partial charge < -0.3 is 0 Å². The molecule has 4 heteroatoms. The summed E-state index contributed by atoms with van der Waals surface area (Å²) in [5.74, 6) is 0.775. The first-order valence-electron chi connectivity index (χ1n) is 10.5. The zero-order valence-electron chi connectivity index (χ0n) is 16.9. The largest absolute Gasteiger partial charge is 0.226 e. The summed E-state index contributed by atoms with van der Waals surface area (Å²) in [6.07, 6.45) is 0. The Balaban J connectivity index is 1.55. The first kappa shape index (κ1) is 18.0. The van der Waals surface area contributed by atoms with Crippen molar-refractivity contribution < 1.29 is 0 Å². The highest BCUT2D eigenvalue weighted by molar-refractivity contribution is 7.26. The van der Waals surface area contributed by atoms with Crippen molar-refractivity contribution >= 4 is 63.1 Å². The van der Waals surface area contributed by atoms with Crippen molar-refractivity contribution in [1.29, 1.82) is 0 Å². The number of fused-ring (bicyclic) bond motifs is 6. The molecule has 0 radical (unpaired) electrons. The second-order valence-electron chi connectivity index (χ2n) is 7.85. The summed E-state index contributed by atoms with van der Waals surface area (Å²) in [4.78, 5) is 10.2. The van der Waals surface area contributed by atoms with Crippen molar-refractivity contribution in [3.63, 3.8) is 0 Å². The van der Waals surface area contributed by atoms with E-state index in [0.717, 1.165) is 32.9 Å². The third-order valence-electron chi connectivity index (χ3n) is 5.90. The predicted octanol–water partition coefficient (Wildman–Crippen LogP) is 8.55. The van der Waals surface area contributed by atoms with Crippen molar-refractivity contribution in [3.8, 4) is 22.6 Å². The Labute approximate surface area is 192 Å². The molecule has 0 amide bonds. The fourth-order valence-corrected chi connectivity index (χ4v) is 6.62. The van der Waals surface area contributed by atoms with Gasteiger partial charge in [0, 0.05) is 41.4 Å². The molecule has 7 rings (SSSR count). The van der Waals surface area contributed by atoms with Gasteiger partial charge in [-0.1, -0.05) is 66.7 Å². The molecule has 0 fully saturated rings. The molecule has 0 atom stereocenters. The van der Waals surface area contributed by atoms with Crippen LogP contribution in [0.5, 0.6) is 0 Å². The van der Waals surface area contributed by atoms with Gasteiger partial charge >= 0.3 is 0 Å². The second kappa shape index (κ2) is 6.95. The smallest absolute Gasteiger partial charge is 0.160 e. The summed E-state index contributed by atoms with van der Waals surface area (Å²) in [6.45, 7) is 0. The zero-order valence-corrected chi connectivity index (χ0v) is 18.6. The average Bonchev–Trinajstić information content (AvgIpc) is 3.42. The third kappa shape index (κ3) is 2.70. The van der Waals surface area contributed by atoms with E-state index in [4.69, 9.17) is 9.97 Å². The van der Waals surface area contributed by atoms with Crippen molar-refractivity contribution in [1.82, 2.24) is 9.97 Å². The summed E-state index contributed by atoms with van der Waals surface area (Å²) in [7, 11) is 0. The van der Waals surface area contributed by atoms with Crippen molar-refractivity contribution in [2.45, 2.75) is 0 Å². The molecule has 0 unspecified atom stereocenters. The molecule has 0 aliphatic carbocycles. The van der Waals surface area contributed by atoms with E-state index in [1.54, 1.807) is 11.3 Å². The molecule has 32 heavy (non-hydrogen) atoms. The molecule has 0 N–H and O–H groups in total. The summed E-state index contributed by atoms with van der Waals surface area (Å²) in [5, 5.41) is 3.75. The van der Waals surface area contributed by atoms with Crippen LogP contribution < -0.4 is 0 Å². The summed E-state index contributed by atoms with van der Waals surface area (Å²) in [6, 6.07) is 34.1. The van der Waals surface area contributed by atoms with E-state index in [1.807, 2.05) is 17.4 Å². The van der Waals surface area contributed by atoms with Crippen LogP contribution in [-0.4, -0.2) is 9.97 Å². The van der Waals surface area contributed by atoms with Gasteiger partial charge in [0.1, 0.15) is 0 Å². The topological polar surface area (TPSA) is 25.8 Å². The number of thiophene rings is 2. The lowest BCUT2D eigenvalue weighted by atomic mass is 10.1. The molecule has 3 aromatic heterocycles. The standard InChI is InChI=1S/C28H16N2S2/c1-2-8-17(9-3-1)25-27-26(20-11-5-7-13-23(20)32-27)30-28(29-25)18-14-15-24-21(16-18)19-10-4-6-12-22(19)31-24/h1-16H. The van der Waals surface area contributed by atoms with Crippen LogP contribution in [0.1, 0.15) is 0 Å². The number of hydrogen-bond acceptors (Lipinski definition) is 4. The molecular weight excluding hydrogens is 428 g/mol.